The van der Waals surface area contributed by atoms with Gasteiger partial charge in [-0.1, -0.05) is 24.3 Å². The van der Waals surface area contributed by atoms with Gasteiger partial charge in [-0.3, -0.25) is 4.79 Å². The van der Waals surface area contributed by atoms with Gasteiger partial charge in [0.05, 0.1) is 27.3 Å². The van der Waals surface area contributed by atoms with Crippen LogP contribution in [0.4, 0.5) is 0 Å². The second kappa shape index (κ2) is 9.42. The molecule has 0 aromatic heterocycles. The Hall–Kier alpha value is -2.53. The first-order chi connectivity index (χ1) is 13.2. The molecule has 5 nitrogen and oxygen atoms in total. The molecule has 1 saturated heterocycles. The van der Waals surface area contributed by atoms with Gasteiger partial charge in [0.15, 0.2) is 11.5 Å². The summed E-state index contributed by atoms with van der Waals surface area (Å²) in [6, 6.07) is 13.7. The molecule has 1 fully saturated rings. The van der Waals surface area contributed by atoms with Crippen LogP contribution in [0.5, 0.6) is 11.5 Å². The van der Waals surface area contributed by atoms with E-state index in [0.29, 0.717) is 23.6 Å². The van der Waals surface area contributed by atoms with Crippen LogP contribution in [0, 0.1) is 0 Å². The van der Waals surface area contributed by atoms with Crippen molar-refractivity contribution in [1.29, 1.82) is 0 Å². The normalized spacial score (nSPS) is 14.6. The number of methoxy groups -OCH3 is 2. The zero-order chi connectivity index (χ0) is 19.1. The maximum absolute atomic E-state index is 12.4. The molecule has 0 spiro atoms. The highest BCUT2D eigenvalue weighted by molar-refractivity contribution is 5.94. The third-order valence-electron chi connectivity index (χ3n) is 5.14. The van der Waals surface area contributed by atoms with Crippen LogP contribution in [0.15, 0.2) is 42.5 Å². The minimum absolute atomic E-state index is 0.127. The number of piperidine rings is 1. The van der Waals surface area contributed by atoms with Crippen LogP contribution in [0.3, 0.4) is 0 Å². The lowest BCUT2D eigenvalue weighted by Crippen LogP contribution is -3.11. The van der Waals surface area contributed by atoms with Gasteiger partial charge in [-0.2, -0.15) is 0 Å². The molecule has 0 radical (unpaired) electrons. The Bertz CT molecular complexity index is 753. The van der Waals surface area contributed by atoms with Gasteiger partial charge in [-0.05, 0) is 43.0 Å². The maximum atomic E-state index is 12.4. The fourth-order valence-corrected chi connectivity index (χ4v) is 3.55. The van der Waals surface area contributed by atoms with E-state index in [1.807, 2.05) is 0 Å². The van der Waals surface area contributed by atoms with Crippen molar-refractivity contribution in [2.24, 2.45) is 0 Å². The van der Waals surface area contributed by atoms with Crippen LogP contribution in [0.2, 0.25) is 0 Å². The van der Waals surface area contributed by atoms with Gasteiger partial charge in [-0.15, -0.1) is 0 Å². The van der Waals surface area contributed by atoms with Gasteiger partial charge < -0.3 is 19.7 Å². The van der Waals surface area contributed by atoms with E-state index in [-0.39, 0.29) is 5.91 Å². The van der Waals surface area contributed by atoms with Crippen molar-refractivity contribution in [1.82, 2.24) is 5.32 Å². The topological polar surface area (TPSA) is 52.0 Å². The molecule has 0 bridgehead atoms. The van der Waals surface area contributed by atoms with Gasteiger partial charge >= 0.3 is 0 Å². The number of hydrogen-bond donors (Lipinski definition) is 2. The average Bonchev–Trinajstić information content (AvgIpc) is 2.73. The molecule has 144 valence electrons. The minimum atomic E-state index is -0.127. The standard InChI is InChI=1S/C22H28N2O3/c1-26-20-11-10-19(14-21(20)27-2)22(25)23-15-17-6-8-18(9-7-17)16-24-12-4-3-5-13-24/h6-11,14H,3-5,12-13,15-16H2,1-2H3,(H,23,25)/p+1. The average molecular weight is 369 g/mol. The maximum Gasteiger partial charge on any atom is 0.251 e. The van der Waals surface area contributed by atoms with Crippen molar-refractivity contribution in [3.05, 3.63) is 59.2 Å². The molecule has 0 unspecified atom stereocenters. The van der Waals surface area contributed by atoms with Crippen molar-refractivity contribution in [3.8, 4) is 11.5 Å². The number of rotatable bonds is 7. The Morgan fingerprint density at radius 2 is 1.59 bits per heavy atom. The molecule has 0 aliphatic carbocycles. The third-order valence-corrected chi connectivity index (χ3v) is 5.14. The number of ether oxygens (including phenoxy) is 2. The molecular weight excluding hydrogens is 340 g/mol. The molecule has 0 atom stereocenters. The van der Waals surface area contributed by atoms with Crippen LogP contribution in [-0.4, -0.2) is 33.2 Å². The molecule has 1 heterocycles. The van der Waals surface area contributed by atoms with Crippen LogP contribution in [0.1, 0.15) is 40.7 Å². The molecule has 5 heteroatoms. The van der Waals surface area contributed by atoms with E-state index in [9.17, 15) is 4.79 Å². The summed E-state index contributed by atoms with van der Waals surface area (Å²) < 4.78 is 10.5. The van der Waals surface area contributed by atoms with Crippen LogP contribution >= 0.6 is 0 Å². The summed E-state index contributed by atoms with van der Waals surface area (Å²) in [5, 5.41) is 2.96. The summed E-state index contributed by atoms with van der Waals surface area (Å²) in [7, 11) is 3.14. The molecule has 2 aromatic carbocycles. The minimum Gasteiger partial charge on any atom is -0.493 e. The van der Waals surface area contributed by atoms with Crippen molar-refractivity contribution in [2.45, 2.75) is 32.4 Å². The fourth-order valence-electron chi connectivity index (χ4n) is 3.55. The third kappa shape index (κ3) is 5.23. The van der Waals surface area contributed by atoms with Gasteiger partial charge in [-0.25, -0.2) is 0 Å². The molecule has 2 aromatic rings. The number of benzene rings is 2. The Kier molecular flexibility index (Phi) is 6.71. The number of carbonyl (C=O) groups is 1. The lowest BCUT2D eigenvalue weighted by Gasteiger charge is -2.23. The Morgan fingerprint density at radius 3 is 2.26 bits per heavy atom. The zero-order valence-corrected chi connectivity index (χ0v) is 16.2. The molecule has 1 amide bonds. The predicted octanol–water partition coefficient (Wildman–Crippen LogP) is 2.20. The summed E-state index contributed by atoms with van der Waals surface area (Å²) in [6.07, 6.45) is 4.06. The largest absolute Gasteiger partial charge is 0.493 e. The highest BCUT2D eigenvalue weighted by Gasteiger charge is 2.14. The second-order valence-corrected chi connectivity index (χ2v) is 7.06. The number of nitrogens with one attached hydrogen (secondary N) is 2. The second-order valence-electron chi connectivity index (χ2n) is 7.06. The van der Waals surface area contributed by atoms with Gasteiger partial charge in [0.25, 0.3) is 5.91 Å². The van der Waals surface area contributed by atoms with Gasteiger partial charge in [0.2, 0.25) is 0 Å². The molecule has 3 rings (SSSR count). The highest BCUT2D eigenvalue weighted by Crippen LogP contribution is 2.27. The van der Waals surface area contributed by atoms with E-state index >= 15 is 0 Å². The molecule has 1 aliphatic heterocycles. The van der Waals surface area contributed by atoms with Crippen LogP contribution < -0.4 is 19.7 Å². The Morgan fingerprint density at radius 1 is 0.926 bits per heavy atom. The number of amides is 1. The van der Waals surface area contributed by atoms with E-state index < -0.39 is 0 Å². The van der Waals surface area contributed by atoms with Crippen LogP contribution in [0.25, 0.3) is 0 Å². The lowest BCUT2D eigenvalue weighted by molar-refractivity contribution is -0.918. The number of carbonyl (C=O) groups excluding carboxylic acids is 1. The predicted molar refractivity (Wildman–Crippen MR) is 105 cm³/mol. The zero-order valence-electron chi connectivity index (χ0n) is 16.2. The van der Waals surface area contributed by atoms with E-state index in [1.165, 1.54) is 37.9 Å². The molecular formula is C22H29N2O3+. The molecule has 27 heavy (non-hydrogen) atoms. The first-order valence-electron chi connectivity index (χ1n) is 9.61. The summed E-state index contributed by atoms with van der Waals surface area (Å²) >= 11 is 0. The van der Waals surface area contributed by atoms with E-state index in [0.717, 1.165) is 12.1 Å². The summed E-state index contributed by atoms with van der Waals surface area (Å²) in [5.74, 6) is 1.04. The summed E-state index contributed by atoms with van der Waals surface area (Å²) in [6.45, 7) is 4.16. The monoisotopic (exact) mass is 369 g/mol. The molecule has 2 N–H and O–H groups in total. The number of hydrogen-bond acceptors (Lipinski definition) is 3. The van der Waals surface area contributed by atoms with E-state index in [2.05, 4.69) is 29.6 Å². The van der Waals surface area contributed by atoms with E-state index in [4.69, 9.17) is 9.47 Å². The van der Waals surface area contributed by atoms with Crippen molar-refractivity contribution >= 4 is 5.91 Å². The quantitative estimate of drug-likeness (QED) is 0.787. The van der Waals surface area contributed by atoms with Crippen molar-refractivity contribution in [2.75, 3.05) is 27.3 Å². The Labute approximate surface area is 161 Å². The van der Waals surface area contributed by atoms with E-state index in [1.54, 1.807) is 37.3 Å². The smallest absolute Gasteiger partial charge is 0.251 e. The summed E-state index contributed by atoms with van der Waals surface area (Å²) in [4.78, 5) is 14.1. The summed E-state index contributed by atoms with van der Waals surface area (Å²) in [5.41, 5.74) is 3.01. The Balaban J connectivity index is 1.54. The lowest BCUT2D eigenvalue weighted by atomic mass is 10.1. The SMILES string of the molecule is COc1ccc(C(=O)NCc2ccc(C[NH+]3CCCCC3)cc2)cc1OC. The molecule has 0 saturated carbocycles. The first kappa shape index (κ1) is 19.2. The van der Waals surface area contributed by atoms with Gasteiger partial charge in [0.1, 0.15) is 6.54 Å². The highest BCUT2D eigenvalue weighted by atomic mass is 16.5. The first-order valence-corrected chi connectivity index (χ1v) is 9.61. The number of quaternary nitrogens is 1. The van der Waals surface area contributed by atoms with Crippen LogP contribution in [-0.2, 0) is 13.1 Å². The fraction of sp³-hybridized carbons (Fsp3) is 0.409. The number of likely N-dealkylation sites (tertiary alicyclic amines) is 1. The van der Waals surface area contributed by atoms with Gasteiger partial charge in [0, 0.05) is 17.7 Å². The molecule has 1 aliphatic rings. The van der Waals surface area contributed by atoms with Crippen molar-refractivity contribution in [3.63, 3.8) is 0 Å². The van der Waals surface area contributed by atoms with Crippen molar-refractivity contribution < 1.29 is 19.2 Å².